The normalized spacial score (nSPS) is 24.4. The molecule has 8 heteroatoms. The predicted octanol–water partition coefficient (Wildman–Crippen LogP) is 0.732. The van der Waals surface area contributed by atoms with Crippen molar-refractivity contribution in [1.29, 1.82) is 0 Å². The summed E-state index contributed by atoms with van der Waals surface area (Å²) >= 11 is 0. The zero-order chi connectivity index (χ0) is 21.4. The Morgan fingerprint density at radius 1 is 1.07 bits per heavy atom. The van der Waals surface area contributed by atoms with Crippen LogP contribution in [0.1, 0.15) is 38.2 Å². The van der Waals surface area contributed by atoms with Gasteiger partial charge in [-0.1, -0.05) is 43.2 Å². The highest BCUT2D eigenvalue weighted by atomic mass is 16.5. The van der Waals surface area contributed by atoms with E-state index in [4.69, 9.17) is 4.74 Å². The Kier molecular flexibility index (Phi) is 7.46. The van der Waals surface area contributed by atoms with Crippen LogP contribution in [0.25, 0.3) is 6.08 Å². The molecular weight excluding hydrogens is 384 g/mol. The van der Waals surface area contributed by atoms with E-state index in [9.17, 15) is 14.4 Å². The van der Waals surface area contributed by atoms with Crippen molar-refractivity contribution in [2.24, 2.45) is 0 Å². The molecule has 2 aliphatic rings. The molecule has 4 N–H and O–H groups in total. The molecule has 1 aromatic rings. The van der Waals surface area contributed by atoms with Gasteiger partial charge in [-0.15, -0.1) is 0 Å². The highest BCUT2D eigenvalue weighted by Crippen LogP contribution is 2.30. The van der Waals surface area contributed by atoms with E-state index < -0.39 is 11.6 Å². The molecule has 0 aromatic heterocycles. The predicted molar refractivity (Wildman–Crippen MR) is 114 cm³/mol. The van der Waals surface area contributed by atoms with E-state index in [1.807, 2.05) is 36.4 Å². The molecule has 1 atom stereocenters. The van der Waals surface area contributed by atoms with Crippen molar-refractivity contribution in [1.82, 2.24) is 21.3 Å². The lowest BCUT2D eigenvalue weighted by atomic mass is 9.95. The Morgan fingerprint density at radius 3 is 2.63 bits per heavy atom. The summed E-state index contributed by atoms with van der Waals surface area (Å²) in [5, 5.41) is 11.5. The first-order valence-electron chi connectivity index (χ1n) is 10.5. The van der Waals surface area contributed by atoms with Gasteiger partial charge in [0.15, 0.2) is 0 Å². The van der Waals surface area contributed by atoms with Crippen molar-refractivity contribution in [3.05, 3.63) is 35.9 Å². The average molecular weight is 415 g/mol. The summed E-state index contributed by atoms with van der Waals surface area (Å²) in [4.78, 5) is 37.2. The maximum absolute atomic E-state index is 13.0. The second kappa shape index (κ2) is 10.2. The van der Waals surface area contributed by atoms with Crippen molar-refractivity contribution in [3.8, 4) is 5.75 Å². The second-order valence-electron chi connectivity index (χ2n) is 7.72. The van der Waals surface area contributed by atoms with Crippen molar-refractivity contribution < 1.29 is 19.1 Å². The first kappa shape index (κ1) is 21.8. The minimum Gasteiger partial charge on any atom is -0.492 e. The number of hydrogen-bond donors (Lipinski definition) is 4. The van der Waals surface area contributed by atoms with Crippen molar-refractivity contribution in [2.45, 2.75) is 44.2 Å². The molecule has 0 bridgehead atoms. The van der Waals surface area contributed by atoms with Crippen LogP contribution in [0.3, 0.4) is 0 Å². The quantitative estimate of drug-likeness (QED) is 0.501. The number of amides is 3. The lowest BCUT2D eigenvalue weighted by molar-refractivity contribution is -0.133. The number of para-hydroxylation sites is 1. The van der Waals surface area contributed by atoms with Gasteiger partial charge in [0.1, 0.15) is 18.4 Å². The van der Waals surface area contributed by atoms with Gasteiger partial charge in [-0.05, 0) is 25.8 Å². The van der Waals surface area contributed by atoms with Crippen LogP contribution in [0.4, 0.5) is 0 Å². The number of fused-ring (bicyclic) bond motifs is 1. The Labute approximate surface area is 176 Å². The maximum Gasteiger partial charge on any atom is 0.242 e. The number of benzene rings is 1. The van der Waals surface area contributed by atoms with Crippen LogP contribution >= 0.6 is 0 Å². The molecule has 1 heterocycles. The van der Waals surface area contributed by atoms with Crippen LogP contribution in [0.2, 0.25) is 0 Å². The van der Waals surface area contributed by atoms with Crippen molar-refractivity contribution in [3.63, 3.8) is 0 Å². The van der Waals surface area contributed by atoms with E-state index in [-0.39, 0.29) is 24.3 Å². The molecule has 1 aliphatic heterocycles. The van der Waals surface area contributed by atoms with E-state index >= 15 is 0 Å². The van der Waals surface area contributed by atoms with Gasteiger partial charge in [0.25, 0.3) is 0 Å². The number of nitrogens with one attached hydrogen (secondary N) is 4. The molecule has 1 saturated carbocycles. The van der Waals surface area contributed by atoms with Crippen LogP contribution in [0.5, 0.6) is 5.75 Å². The van der Waals surface area contributed by atoms with Gasteiger partial charge in [-0.2, -0.15) is 0 Å². The monoisotopic (exact) mass is 414 g/mol. The van der Waals surface area contributed by atoms with Gasteiger partial charge >= 0.3 is 0 Å². The molecule has 3 amide bonds. The van der Waals surface area contributed by atoms with E-state index in [1.54, 1.807) is 6.92 Å². The zero-order valence-corrected chi connectivity index (χ0v) is 17.3. The summed E-state index contributed by atoms with van der Waals surface area (Å²) in [5.74, 6) is -0.128. The molecule has 3 rings (SSSR count). The molecule has 0 unspecified atom stereocenters. The lowest BCUT2D eigenvalue weighted by Crippen LogP contribution is -2.59. The van der Waals surface area contributed by atoms with Gasteiger partial charge < -0.3 is 20.7 Å². The molecule has 30 heavy (non-hydrogen) atoms. The SMILES string of the molecule is C[C@H]1NC(=O)C2(CCCC2)NCCOc2ccccc2/C=C/CNC(=O)CNC1=O. The Balaban J connectivity index is 1.75. The molecule has 0 saturated heterocycles. The Hall–Kier alpha value is -2.87. The van der Waals surface area contributed by atoms with E-state index in [0.717, 1.165) is 37.0 Å². The third-order valence-corrected chi connectivity index (χ3v) is 5.51. The third-order valence-electron chi connectivity index (χ3n) is 5.51. The standard InChI is InChI=1S/C22H30N4O4/c1-16-20(28)24-15-19(27)23-12-6-8-17-7-2-3-9-18(17)30-14-13-25-22(21(29)26-16)10-4-5-11-22/h2-3,6-9,16,25H,4-5,10-15H2,1H3,(H,23,27)(H,24,28)(H,26,29)/b8-6+/t16-/m1/s1. The highest BCUT2D eigenvalue weighted by Gasteiger charge is 2.41. The Bertz CT molecular complexity index is 802. The number of carbonyl (C=O) groups excluding carboxylic acids is 3. The first-order valence-corrected chi connectivity index (χ1v) is 10.5. The largest absolute Gasteiger partial charge is 0.492 e. The van der Waals surface area contributed by atoms with Gasteiger partial charge in [-0.3, -0.25) is 19.7 Å². The summed E-state index contributed by atoms with van der Waals surface area (Å²) < 4.78 is 5.93. The lowest BCUT2D eigenvalue weighted by Gasteiger charge is -2.30. The van der Waals surface area contributed by atoms with Crippen molar-refractivity contribution in [2.75, 3.05) is 26.2 Å². The summed E-state index contributed by atoms with van der Waals surface area (Å²) in [6.07, 6.45) is 7.06. The summed E-state index contributed by atoms with van der Waals surface area (Å²) in [7, 11) is 0. The second-order valence-corrected chi connectivity index (χ2v) is 7.72. The minimum atomic E-state index is -0.730. The molecule has 1 spiro atoms. The summed E-state index contributed by atoms with van der Waals surface area (Å²) in [6, 6.07) is 6.93. The molecule has 162 valence electrons. The van der Waals surface area contributed by atoms with Crippen LogP contribution in [0.15, 0.2) is 30.3 Å². The third kappa shape index (κ3) is 5.60. The number of carbonyl (C=O) groups is 3. The smallest absolute Gasteiger partial charge is 0.242 e. The minimum absolute atomic E-state index is 0.143. The number of rotatable bonds is 0. The number of ether oxygens (including phenoxy) is 1. The fourth-order valence-electron chi connectivity index (χ4n) is 3.81. The van der Waals surface area contributed by atoms with E-state index in [1.165, 1.54) is 0 Å². The first-order chi connectivity index (χ1) is 14.5. The molecule has 1 fully saturated rings. The fraction of sp³-hybridized carbons (Fsp3) is 0.500. The Morgan fingerprint density at radius 2 is 1.83 bits per heavy atom. The highest BCUT2D eigenvalue weighted by molar-refractivity contribution is 5.93. The molecule has 1 aromatic carbocycles. The average Bonchev–Trinajstić information content (AvgIpc) is 3.23. The van der Waals surface area contributed by atoms with Crippen LogP contribution in [-0.2, 0) is 14.4 Å². The molecule has 0 radical (unpaired) electrons. The van der Waals surface area contributed by atoms with Crippen LogP contribution < -0.4 is 26.0 Å². The molecular formula is C22H30N4O4. The summed E-state index contributed by atoms with van der Waals surface area (Å²) in [6.45, 7) is 2.74. The zero-order valence-electron chi connectivity index (χ0n) is 17.3. The van der Waals surface area contributed by atoms with Crippen LogP contribution in [-0.4, -0.2) is 55.5 Å². The fourth-order valence-corrected chi connectivity index (χ4v) is 3.81. The van der Waals surface area contributed by atoms with Gasteiger partial charge in [0.2, 0.25) is 17.7 Å². The van der Waals surface area contributed by atoms with E-state index in [2.05, 4.69) is 21.3 Å². The van der Waals surface area contributed by atoms with E-state index in [0.29, 0.717) is 19.7 Å². The van der Waals surface area contributed by atoms with Gasteiger partial charge in [0.05, 0.1) is 12.1 Å². The topological polar surface area (TPSA) is 109 Å². The molecule has 8 nitrogen and oxygen atoms in total. The van der Waals surface area contributed by atoms with Crippen molar-refractivity contribution >= 4 is 23.8 Å². The number of hydrogen-bond acceptors (Lipinski definition) is 5. The van der Waals surface area contributed by atoms with Gasteiger partial charge in [0, 0.05) is 18.7 Å². The molecule has 1 aliphatic carbocycles. The van der Waals surface area contributed by atoms with Gasteiger partial charge in [-0.25, -0.2) is 0 Å². The maximum atomic E-state index is 13.0. The van der Waals surface area contributed by atoms with Crippen LogP contribution in [0, 0.1) is 0 Å². The summed E-state index contributed by atoms with van der Waals surface area (Å²) in [5.41, 5.74) is 0.212.